The number of halogens is 2. The van der Waals surface area contributed by atoms with Gasteiger partial charge < -0.3 is 14.6 Å². The predicted molar refractivity (Wildman–Crippen MR) is 105 cm³/mol. The number of hydrogen-bond donors (Lipinski definition) is 1. The lowest BCUT2D eigenvalue weighted by Gasteiger charge is -2.39. The molecule has 1 aromatic carbocycles. The number of carboxylic acid groups (broad SMARTS) is 1. The summed E-state index contributed by atoms with van der Waals surface area (Å²) in [5.74, 6) is -1.88. The minimum atomic E-state index is -1.31. The SMILES string of the molecule is CC1C2CC(CN2c2c(F)cc3c(=O)c(C(=O)O)cn(C4CC4)c3c2Cl)N1C. The minimum Gasteiger partial charge on any atom is -0.477 e. The first-order valence-corrected chi connectivity index (χ1v) is 9.96. The number of nitrogens with zero attached hydrogens (tertiary/aromatic N) is 3. The maximum absolute atomic E-state index is 15.2. The molecule has 2 aromatic rings. The van der Waals surface area contributed by atoms with Crippen LogP contribution in [0, 0.1) is 5.82 Å². The van der Waals surface area contributed by atoms with Crippen molar-refractivity contribution in [3.63, 3.8) is 0 Å². The number of hydrogen-bond acceptors (Lipinski definition) is 4. The number of carbonyl (C=O) groups is 1. The Kier molecular flexibility index (Phi) is 3.81. The third-order valence-corrected chi connectivity index (χ3v) is 7.10. The molecule has 8 heteroatoms. The molecule has 2 aliphatic heterocycles. The van der Waals surface area contributed by atoms with E-state index in [0.29, 0.717) is 23.8 Å². The third-order valence-electron chi connectivity index (χ3n) is 6.74. The molecule has 0 amide bonds. The summed E-state index contributed by atoms with van der Waals surface area (Å²) in [6.07, 6.45) is 4.09. The summed E-state index contributed by atoms with van der Waals surface area (Å²) >= 11 is 6.73. The van der Waals surface area contributed by atoms with Crippen LogP contribution in [-0.4, -0.2) is 52.3 Å². The molecule has 1 N–H and O–H groups in total. The molecular weight excluding hydrogens is 385 g/mol. The van der Waals surface area contributed by atoms with Gasteiger partial charge in [-0.25, -0.2) is 9.18 Å². The number of piperazine rings is 1. The molecule has 148 valence electrons. The molecule has 3 heterocycles. The van der Waals surface area contributed by atoms with E-state index in [9.17, 15) is 14.7 Å². The summed E-state index contributed by atoms with van der Waals surface area (Å²) < 4.78 is 17.0. The van der Waals surface area contributed by atoms with E-state index in [-0.39, 0.29) is 34.1 Å². The number of likely N-dealkylation sites (N-methyl/N-ethyl adjacent to an activating group) is 1. The molecule has 1 aromatic heterocycles. The summed E-state index contributed by atoms with van der Waals surface area (Å²) in [6.45, 7) is 2.82. The monoisotopic (exact) mass is 405 g/mol. The minimum absolute atomic E-state index is 0.0348. The summed E-state index contributed by atoms with van der Waals surface area (Å²) in [4.78, 5) is 28.5. The number of pyridine rings is 1. The molecule has 2 bridgehead atoms. The fourth-order valence-electron chi connectivity index (χ4n) is 4.94. The van der Waals surface area contributed by atoms with Crippen molar-refractivity contribution in [2.45, 2.75) is 50.4 Å². The molecular formula is C20H21ClFN3O3. The molecule has 1 saturated carbocycles. The van der Waals surface area contributed by atoms with Gasteiger partial charge in [-0.3, -0.25) is 9.69 Å². The third kappa shape index (κ3) is 2.35. The summed E-state index contributed by atoms with van der Waals surface area (Å²) in [5.41, 5.74) is -0.265. The van der Waals surface area contributed by atoms with Crippen LogP contribution in [0.1, 0.15) is 42.6 Å². The highest BCUT2D eigenvalue weighted by atomic mass is 35.5. The van der Waals surface area contributed by atoms with Crippen molar-refractivity contribution < 1.29 is 14.3 Å². The zero-order chi connectivity index (χ0) is 19.9. The highest BCUT2D eigenvalue weighted by Gasteiger charge is 2.48. The van der Waals surface area contributed by atoms with Gasteiger partial charge in [0.05, 0.1) is 21.6 Å². The van der Waals surface area contributed by atoms with Crippen LogP contribution in [0.2, 0.25) is 5.02 Å². The fraction of sp³-hybridized carbons (Fsp3) is 0.500. The van der Waals surface area contributed by atoms with E-state index in [1.807, 2.05) is 4.90 Å². The van der Waals surface area contributed by atoms with Gasteiger partial charge in [-0.1, -0.05) is 11.6 Å². The van der Waals surface area contributed by atoms with Crippen LogP contribution >= 0.6 is 11.6 Å². The van der Waals surface area contributed by atoms with Crippen LogP contribution in [0.4, 0.5) is 10.1 Å². The van der Waals surface area contributed by atoms with Gasteiger partial charge in [0.25, 0.3) is 0 Å². The number of anilines is 1. The van der Waals surface area contributed by atoms with Crippen molar-refractivity contribution in [3.05, 3.63) is 38.9 Å². The van der Waals surface area contributed by atoms with E-state index in [4.69, 9.17) is 11.6 Å². The molecule has 3 unspecified atom stereocenters. The highest BCUT2D eigenvalue weighted by Crippen LogP contribution is 2.45. The lowest BCUT2D eigenvalue weighted by Crippen LogP contribution is -2.50. The van der Waals surface area contributed by atoms with Crippen LogP contribution in [-0.2, 0) is 0 Å². The smallest absolute Gasteiger partial charge is 0.341 e. The van der Waals surface area contributed by atoms with Gasteiger partial charge in [0, 0.05) is 36.9 Å². The number of aromatic nitrogens is 1. The second-order valence-electron chi connectivity index (χ2n) is 8.25. The number of fused-ring (bicyclic) bond motifs is 3. The lowest BCUT2D eigenvalue weighted by atomic mass is 10.1. The first-order valence-electron chi connectivity index (χ1n) is 9.58. The van der Waals surface area contributed by atoms with Crippen molar-refractivity contribution in [3.8, 4) is 0 Å². The molecule has 2 saturated heterocycles. The van der Waals surface area contributed by atoms with Crippen LogP contribution in [0.25, 0.3) is 10.9 Å². The predicted octanol–water partition coefficient (Wildman–Crippen LogP) is 3.11. The number of carboxylic acids is 1. The average Bonchev–Trinajstić information content (AvgIpc) is 3.34. The number of benzene rings is 1. The maximum atomic E-state index is 15.2. The zero-order valence-corrected chi connectivity index (χ0v) is 16.4. The van der Waals surface area contributed by atoms with E-state index < -0.39 is 17.2 Å². The Labute approximate surface area is 166 Å². The van der Waals surface area contributed by atoms with Gasteiger partial charge in [-0.15, -0.1) is 0 Å². The lowest BCUT2D eigenvalue weighted by molar-refractivity contribution is 0.0695. The van der Waals surface area contributed by atoms with Gasteiger partial charge in [0.1, 0.15) is 11.4 Å². The van der Waals surface area contributed by atoms with E-state index in [1.54, 1.807) is 4.57 Å². The van der Waals surface area contributed by atoms with Gasteiger partial charge in [-0.05, 0) is 39.3 Å². The molecule has 1 aliphatic carbocycles. The standard InChI is InChI=1S/C20H21ClFN3O3/c1-9-15-5-11(23(9)2)7-25(15)18-14(22)6-12-17(16(18)21)24(10-3-4-10)8-13(19(12)26)20(27)28/h6,8-11,15H,3-5,7H2,1-2H3,(H,27,28). The molecule has 28 heavy (non-hydrogen) atoms. The first kappa shape index (κ1) is 17.9. The Morgan fingerprint density at radius 1 is 1.32 bits per heavy atom. The quantitative estimate of drug-likeness (QED) is 0.850. The zero-order valence-electron chi connectivity index (χ0n) is 15.7. The largest absolute Gasteiger partial charge is 0.477 e. The van der Waals surface area contributed by atoms with Crippen molar-refractivity contribution in [2.24, 2.45) is 0 Å². The van der Waals surface area contributed by atoms with Crippen molar-refractivity contribution in [2.75, 3.05) is 18.5 Å². The Morgan fingerprint density at radius 2 is 2.04 bits per heavy atom. The van der Waals surface area contributed by atoms with Crippen LogP contribution in [0.15, 0.2) is 17.1 Å². The van der Waals surface area contributed by atoms with Crippen molar-refractivity contribution >= 4 is 34.2 Å². The molecule has 3 aliphatic rings. The molecule has 3 atom stereocenters. The molecule has 3 fully saturated rings. The van der Waals surface area contributed by atoms with Gasteiger partial charge in [0.15, 0.2) is 0 Å². The Balaban J connectivity index is 1.75. The van der Waals surface area contributed by atoms with Crippen LogP contribution in [0.5, 0.6) is 0 Å². The Hall–Kier alpha value is -2.12. The normalized spacial score (nSPS) is 27.1. The summed E-state index contributed by atoms with van der Waals surface area (Å²) in [5, 5.41) is 9.63. The number of likely N-dealkylation sites (tertiary alicyclic amines) is 1. The van der Waals surface area contributed by atoms with Gasteiger partial charge in [-0.2, -0.15) is 0 Å². The molecule has 0 spiro atoms. The van der Waals surface area contributed by atoms with E-state index in [1.165, 1.54) is 12.3 Å². The highest BCUT2D eigenvalue weighted by molar-refractivity contribution is 6.38. The topological polar surface area (TPSA) is 65.8 Å². The van der Waals surface area contributed by atoms with E-state index >= 15 is 4.39 Å². The second kappa shape index (κ2) is 5.94. The van der Waals surface area contributed by atoms with Crippen LogP contribution < -0.4 is 10.3 Å². The number of rotatable bonds is 3. The van der Waals surface area contributed by atoms with Crippen molar-refractivity contribution in [1.82, 2.24) is 9.47 Å². The number of aromatic carboxylic acids is 1. The Morgan fingerprint density at radius 3 is 2.61 bits per heavy atom. The summed E-state index contributed by atoms with van der Waals surface area (Å²) in [7, 11) is 2.09. The van der Waals surface area contributed by atoms with E-state index in [0.717, 1.165) is 19.3 Å². The van der Waals surface area contributed by atoms with Crippen LogP contribution in [0.3, 0.4) is 0 Å². The Bertz CT molecular complexity index is 1080. The fourth-order valence-corrected chi connectivity index (χ4v) is 5.34. The second-order valence-corrected chi connectivity index (χ2v) is 8.63. The van der Waals surface area contributed by atoms with E-state index in [2.05, 4.69) is 18.9 Å². The molecule has 6 nitrogen and oxygen atoms in total. The maximum Gasteiger partial charge on any atom is 0.341 e. The molecule has 0 radical (unpaired) electrons. The van der Waals surface area contributed by atoms with Gasteiger partial charge in [0.2, 0.25) is 5.43 Å². The molecule has 5 rings (SSSR count). The summed E-state index contributed by atoms with van der Waals surface area (Å²) in [6, 6.07) is 2.07. The first-order chi connectivity index (χ1) is 13.3. The van der Waals surface area contributed by atoms with Gasteiger partial charge >= 0.3 is 5.97 Å². The van der Waals surface area contributed by atoms with Crippen molar-refractivity contribution in [1.29, 1.82) is 0 Å². The average molecular weight is 406 g/mol.